The van der Waals surface area contributed by atoms with Crippen LogP contribution in [0.15, 0.2) is 0 Å². The fourth-order valence-electron chi connectivity index (χ4n) is 0.916. The van der Waals surface area contributed by atoms with Gasteiger partial charge in [-0.3, -0.25) is 0 Å². The minimum absolute atomic E-state index is 0.0410. The predicted molar refractivity (Wildman–Crippen MR) is 46.8 cm³/mol. The normalized spacial score (nSPS) is 31.5. The minimum atomic E-state index is 0.0410. The standard InChI is InChI=1S/C9H16O5/c1-7(10-3-8-4-11-8)2-13-14-6-9-5-12-9/h7-9H,2-6H2,1H3. The van der Waals surface area contributed by atoms with Crippen LogP contribution in [-0.4, -0.2) is 51.3 Å². The third-order valence-electron chi connectivity index (χ3n) is 2.01. The summed E-state index contributed by atoms with van der Waals surface area (Å²) in [5.74, 6) is 0. The minimum Gasteiger partial charge on any atom is -0.373 e. The van der Waals surface area contributed by atoms with E-state index < -0.39 is 0 Å². The first kappa shape index (κ1) is 10.3. The number of ether oxygens (including phenoxy) is 3. The summed E-state index contributed by atoms with van der Waals surface area (Å²) in [6, 6.07) is 0. The van der Waals surface area contributed by atoms with Gasteiger partial charge in [-0.05, 0) is 6.92 Å². The fraction of sp³-hybridized carbons (Fsp3) is 1.00. The van der Waals surface area contributed by atoms with E-state index in [1.54, 1.807) is 0 Å². The van der Waals surface area contributed by atoms with Gasteiger partial charge >= 0.3 is 0 Å². The Morgan fingerprint density at radius 2 is 1.79 bits per heavy atom. The molecule has 14 heavy (non-hydrogen) atoms. The van der Waals surface area contributed by atoms with E-state index in [1.807, 2.05) is 6.92 Å². The van der Waals surface area contributed by atoms with Crippen molar-refractivity contribution in [2.24, 2.45) is 0 Å². The Balaban J connectivity index is 1.38. The Morgan fingerprint density at radius 3 is 2.43 bits per heavy atom. The van der Waals surface area contributed by atoms with Crippen molar-refractivity contribution in [3.05, 3.63) is 0 Å². The molecule has 2 aliphatic rings. The monoisotopic (exact) mass is 204 g/mol. The number of epoxide rings is 2. The molecule has 0 amide bonds. The Morgan fingerprint density at radius 1 is 1.14 bits per heavy atom. The highest BCUT2D eigenvalue weighted by Gasteiger charge is 2.24. The lowest BCUT2D eigenvalue weighted by atomic mass is 10.4. The molecule has 0 aromatic heterocycles. The van der Waals surface area contributed by atoms with Crippen LogP contribution in [0.25, 0.3) is 0 Å². The second kappa shape index (κ2) is 5.04. The molecule has 0 radical (unpaired) electrons. The zero-order chi connectivity index (χ0) is 9.80. The van der Waals surface area contributed by atoms with Crippen LogP contribution in [0.1, 0.15) is 6.92 Å². The van der Waals surface area contributed by atoms with Crippen LogP contribution in [0.5, 0.6) is 0 Å². The molecule has 0 aliphatic carbocycles. The van der Waals surface area contributed by atoms with Gasteiger partial charge in [-0.2, -0.15) is 0 Å². The van der Waals surface area contributed by atoms with Gasteiger partial charge in [-0.25, -0.2) is 9.78 Å². The summed E-state index contributed by atoms with van der Waals surface area (Å²) in [4.78, 5) is 9.87. The van der Waals surface area contributed by atoms with Gasteiger partial charge in [-0.1, -0.05) is 0 Å². The van der Waals surface area contributed by atoms with E-state index in [2.05, 4.69) is 0 Å². The lowest BCUT2D eigenvalue weighted by Crippen LogP contribution is -2.19. The van der Waals surface area contributed by atoms with Gasteiger partial charge in [0.1, 0.15) is 25.4 Å². The van der Waals surface area contributed by atoms with Crippen LogP contribution in [-0.2, 0) is 24.0 Å². The summed E-state index contributed by atoms with van der Waals surface area (Å²) < 4.78 is 15.4. The highest BCUT2D eigenvalue weighted by molar-refractivity contribution is 4.68. The van der Waals surface area contributed by atoms with E-state index in [-0.39, 0.29) is 12.2 Å². The van der Waals surface area contributed by atoms with Gasteiger partial charge in [0.2, 0.25) is 0 Å². The van der Waals surface area contributed by atoms with Crippen LogP contribution in [0.4, 0.5) is 0 Å². The largest absolute Gasteiger partial charge is 0.373 e. The first-order valence-corrected chi connectivity index (χ1v) is 4.94. The highest BCUT2D eigenvalue weighted by Crippen LogP contribution is 2.10. The quantitative estimate of drug-likeness (QED) is 0.243. The molecule has 0 N–H and O–H groups in total. The SMILES string of the molecule is CC(COOCC1CO1)OCC1CO1. The van der Waals surface area contributed by atoms with Gasteiger partial charge in [0, 0.05) is 0 Å². The fourth-order valence-corrected chi connectivity index (χ4v) is 0.916. The number of hydrogen-bond donors (Lipinski definition) is 0. The molecule has 2 fully saturated rings. The molecule has 0 aromatic rings. The van der Waals surface area contributed by atoms with E-state index in [0.717, 1.165) is 13.2 Å². The van der Waals surface area contributed by atoms with E-state index >= 15 is 0 Å². The van der Waals surface area contributed by atoms with Gasteiger partial charge in [0.05, 0.1) is 25.9 Å². The zero-order valence-corrected chi connectivity index (χ0v) is 8.31. The Kier molecular flexibility index (Phi) is 3.72. The van der Waals surface area contributed by atoms with Crippen LogP contribution >= 0.6 is 0 Å². The van der Waals surface area contributed by atoms with E-state index in [4.69, 9.17) is 24.0 Å². The lowest BCUT2D eigenvalue weighted by molar-refractivity contribution is -0.307. The van der Waals surface area contributed by atoms with Crippen molar-refractivity contribution in [2.75, 3.05) is 33.0 Å². The van der Waals surface area contributed by atoms with Gasteiger partial charge in [0.25, 0.3) is 0 Å². The second-order valence-electron chi connectivity index (χ2n) is 3.62. The molecule has 2 rings (SSSR count). The number of hydrogen-bond acceptors (Lipinski definition) is 5. The van der Waals surface area contributed by atoms with Crippen molar-refractivity contribution >= 4 is 0 Å². The maximum atomic E-state index is 5.43. The molecule has 0 bridgehead atoms. The van der Waals surface area contributed by atoms with Crippen molar-refractivity contribution in [2.45, 2.75) is 25.2 Å². The van der Waals surface area contributed by atoms with Gasteiger partial charge in [-0.15, -0.1) is 0 Å². The summed E-state index contributed by atoms with van der Waals surface area (Å²) in [5.41, 5.74) is 0. The molecule has 2 aliphatic heterocycles. The van der Waals surface area contributed by atoms with E-state index in [1.165, 1.54) is 0 Å². The molecule has 0 spiro atoms. The summed E-state index contributed by atoms with van der Waals surface area (Å²) >= 11 is 0. The Labute approximate surface area is 83.1 Å². The van der Waals surface area contributed by atoms with Crippen molar-refractivity contribution in [3.8, 4) is 0 Å². The van der Waals surface area contributed by atoms with Crippen LogP contribution in [0, 0.1) is 0 Å². The van der Waals surface area contributed by atoms with Crippen LogP contribution < -0.4 is 0 Å². The molecule has 5 heteroatoms. The van der Waals surface area contributed by atoms with E-state index in [0.29, 0.717) is 25.9 Å². The molecule has 0 aromatic carbocycles. The topological polar surface area (TPSA) is 52.8 Å². The predicted octanol–water partition coefficient (Wildman–Crippen LogP) is 0.137. The molecule has 2 heterocycles. The van der Waals surface area contributed by atoms with Crippen molar-refractivity contribution in [1.29, 1.82) is 0 Å². The van der Waals surface area contributed by atoms with Crippen LogP contribution in [0.3, 0.4) is 0 Å². The maximum Gasteiger partial charge on any atom is 0.111 e. The van der Waals surface area contributed by atoms with Gasteiger partial charge < -0.3 is 14.2 Å². The second-order valence-corrected chi connectivity index (χ2v) is 3.62. The van der Waals surface area contributed by atoms with Gasteiger partial charge in [0.15, 0.2) is 0 Å². The Bertz CT molecular complexity index is 167. The number of rotatable bonds is 8. The van der Waals surface area contributed by atoms with Crippen molar-refractivity contribution in [3.63, 3.8) is 0 Å². The molecular weight excluding hydrogens is 188 g/mol. The highest BCUT2D eigenvalue weighted by atomic mass is 17.2. The molecular formula is C9H16O5. The average molecular weight is 204 g/mol. The summed E-state index contributed by atoms with van der Waals surface area (Å²) in [6.45, 7) is 5.16. The van der Waals surface area contributed by atoms with Crippen LogP contribution in [0.2, 0.25) is 0 Å². The van der Waals surface area contributed by atoms with Crippen molar-refractivity contribution in [1.82, 2.24) is 0 Å². The maximum absolute atomic E-state index is 5.43. The third-order valence-corrected chi connectivity index (χ3v) is 2.01. The van der Waals surface area contributed by atoms with Crippen molar-refractivity contribution < 1.29 is 24.0 Å². The third kappa shape index (κ3) is 4.34. The lowest BCUT2D eigenvalue weighted by Gasteiger charge is -2.11. The Hall–Kier alpha value is -0.200. The molecule has 5 nitrogen and oxygen atoms in total. The zero-order valence-electron chi connectivity index (χ0n) is 8.31. The molecule has 0 saturated carbocycles. The summed E-state index contributed by atoms with van der Waals surface area (Å²) in [7, 11) is 0. The summed E-state index contributed by atoms with van der Waals surface area (Å²) in [5, 5.41) is 0. The first-order chi connectivity index (χ1) is 6.84. The first-order valence-electron chi connectivity index (χ1n) is 4.94. The average Bonchev–Trinajstić information content (AvgIpc) is 3.02. The smallest absolute Gasteiger partial charge is 0.111 e. The molecule has 2 saturated heterocycles. The van der Waals surface area contributed by atoms with E-state index in [9.17, 15) is 0 Å². The molecule has 82 valence electrons. The molecule has 3 atom stereocenters. The summed E-state index contributed by atoms with van der Waals surface area (Å²) in [6.07, 6.45) is 0.587. The molecule has 3 unspecified atom stereocenters.